The average Bonchev–Trinajstić information content (AvgIpc) is 3.03. The van der Waals surface area contributed by atoms with Crippen molar-refractivity contribution in [3.05, 3.63) is 60.2 Å². The van der Waals surface area contributed by atoms with Crippen LogP contribution in [0.1, 0.15) is 29.0 Å². The minimum atomic E-state index is -0.0478. The fourth-order valence-corrected chi connectivity index (χ4v) is 3.61. The van der Waals surface area contributed by atoms with Crippen LogP contribution in [0.2, 0.25) is 0 Å². The van der Waals surface area contributed by atoms with Gasteiger partial charge in [-0.25, -0.2) is 9.97 Å². The molecule has 134 valence electrons. The zero-order valence-electron chi connectivity index (χ0n) is 14.9. The first-order valence-corrected chi connectivity index (χ1v) is 9.10. The molecule has 3 aromatic heterocycles. The van der Waals surface area contributed by atoms with E-state index in [9.17, 15) is 4.79 Å². The standard InChI is InChI=1S/C20H23N5O/c1-15-19(25-11-5-3-7-18(25)23-15)20(26)22-14-16-8-12-24(13-9-16)17-6-2-4-10-21-17/h2-7,10-11,16H,8-9,12-14H2,1H3,(H,22,26). The number of imidazole rings is 1. The van der Waals surface area contributed by atoms with Crippen LogP contribution in [0.4, 0.5) is 5.82 Å². The highest BCUT2D eigenvalue weighted by atomic mass is 16.1. The lowest BCUT2D eigenvalue weighted by molar-refractivity contribution is 0.0938. The van der Waals surface area contributed by atoms with Gasteiger partial charge in [0.1, 0.15) is 17.2 Å². The van der Waals surface area contributed by atoms with Gasteiger partial charge in [-0.05, 0) is 49.9 Å². The summed E-state index contributed by atoms with van der Waals surface area (Å²) < 4.78 is 1.86. The summed E-state index contributed by atoms with van der Waals surface area (Å²) in [4.78, 5) is 23.9. The maximum absolute atomic E-state index is 12.7. The predicted molar refractivity (Wildman–Crippen MR) is 101 cm³/mol. The first-order valence-electron chi connectivity index (χ1n) is 9.10. The summed E-state index contributed by atoms with van der Waals surface area (Å²) in [5, 5.41) is 3.11. The lowest BCUT2D eigenvalue weighted by Gasteiger charge is -2.32. The van der Waals surface area contributed by atoms with Gasteiger partial charge >= 0.3 is 0 Å². The summed E-state index contributed by atoms with van der Waals surface area (Å²) >= 11 is 0. The third kappa shape index (κ3) is 3.27. The number of carbonyl (C=O) groups is 1. The van der Waals surface area contributed by atoms with Gasteiger partial charge in [-0.1, -0.05) is 12.1 Å². The molecule has 0 saturated carbocycles. The molecule has 4 heterocycles. The van der Waals surface area contributed by atoms with Crippen LogP contribution in [0.25, 0.3) is 5.65 Å². The van der Waals surface area contributed by atoms with E-state index in [1.54, 1.807) is 0 Å². The lowest BCUT2D eigenvalue weighted by atomic mass is 9.96. The summed E-state index contributed by atoms with van der Waals surface area (Å²) in [6.07, 6.45) is 5.83. The second-order valence-corrected chi connectivity index (χ2v) is 6.80. The highest BCUT2D eigenvalue weighted by Crippen LogP contribution is 2.21. The van der Waals surface area contributed by atoms with E-state index in [-0.39, 0.29) is 5.91 Å². The molecule has 26 heavy (non-hydrogen) atoms. The summed E-state index contributed by atoms with van der Waals surface area (Å²) in [6, 6.07) is 11.8. The van der Waals surface area contributed by atoms with Crippen molar-refractivity contribution >= 4 is 17.4 Å². The molecule has 3 aromatic rings. The summed E-state index contributed by atoms with van der Waals surface area (Å²) in [5.74, 6) is 1.49. The number of fused-ring (bicyclic) bond motifs is 1. The van der Waals surface area contributed by atoms with Crippen molar-refractivity contribution in [2.75, 3.05) is 24.5 Å². The molecule has 0 radical (unpaired) electrons. The first kappa shape index (κ1) is 16.6. The molecule has 1 fully saturated rings. The van der Waals surface area contributed by atoms with Crippen molar-refractivity contribution in [2.24, 2.45) is 5.92 Å². The Balaban J connectivity index is 1.35. The van der Waals surface area contributed by atoms with Crippen LogP contribution in [0.3, 0.4) is 0 Å². The number of hydrogen-bond donors (Lipinski definition) is 1. The molecule has 4 rings (SSSR count). The van der Waals surface area contributed by atoms with Gasteiger partial charge in [0.2, 0.25) is 0 Å². The molecule has 0 unspecified atom stereocenters. The van der Waals surface area contributed by atoms with Crippen molar-refractivity contribution in [3.63, 3.8) is 0 Å². The maximum atomic E-state index is 12.7. The van der Waals surface area contributed by atoms with Gasteiger partial charge in [-0.3, -0.25) is 9.20 Å². The van der Waals surface area contributed by atoms with Crippen molar-refractivity contribution in [1.29, 1.82) is 0 Å². The number of pyridine rings is 2. The van der Waals surface area contributed by atoms with Gasteiger partial charge in [0.25, 0.3) is 5.91 Å². The van der Waals surface area contributed by atoms with E-state index in [1.165, 1.54) is 0 Å². The summed E-state index contributed by atoms with van der Waals surface area (Å²) in [5.41, 5.74) is 2.20. The van der Waals surface area contributed by atoms with E-state index >= 15 is 0 Å². The number of aromatic nitrogens is 3. The highest BCUT2D eigenvalue weighted by Gasteiger charge is 2.22. The number of anilines is 1. The molecule has 0 spiro atoms. The Morgan fingerprint density at radius 1 is 1.19 bits per heavy atom. The third-order valence-electron chi connectivity index (χ3n) is 5.06. The molecule has 6 heteroatoms. The van der Waals surface area contributed by atoms with Crippen LogP contribution in [-0.2, 0) is 0 Å². The van der Waals surface area contributed by atoms with E-state index in [4.69, 9.17) is 0 Å². The minimum Gasteiger partial charge on any atom is -0.357 e. The Morgan fingerprint density at radius 3 is 2.77 bits per heavy atom. The summed E-state index contributed by atoms with van der Waals surface area (Å²) in [6.45, 7) is 4.54. The van der Waals surface area contributed by atoms with Crippen LogP contribution in [-0.4, -0.2) is 39.9 Å². The van der Waals surface area contributed by atoms with E-state index in [0.717, 1.165) is 43.1 Å². The van der Waals surface area contributed by atoms with E-state index < -0.39 is 0 Å². The molecule has 1 aliphatic rings. The Morgan fingerprint density at radius 2 is 2.00 bits per heavy atom. The van der Waals surface area contributed by atoms with Gasteiger partial charge in [0.15, 0.2) is 0 Å². The predicted octanol–water partition coefficient (Wildman–Crippen LogP) is 2.68. The number of nitrogens with one attached hydrogen (secondary N) is 1. The van der Waals surface area contributed by atoms with Crippen LogP contribution in [0, 0.1) is 12.8 Å². The Hall–Kier alpha value is -2.89. The minimum absolute atomic E-state index is 0.0478. The lowest BCUT2D eigenvalue weighted by Crippen LogP contribution is -2.39. The smallest absolute Gasteiger partial charge is 0.270 e. The second kappa shape index (κ2) is 7.15. The largest absolute Gasteiger partial charge is 0.357 e. The van der Waals surface area contributed by atoms with E-state index in [0.29, 0.717) is 18.2 Å². The number of hydrogen-bond acceptors (Lipinski definition) is 4. The fraction of sp³-hybridized carbons (Fsp3) is 0.350. The molecule has 1 saturated heterocycles. The maximum Gasteiger partial charge on any atom is 0.270 e. The number of rotatable bonds is 4. The number of aryl methyl sites for hydroxylation is 1. The molecule has 0 aliphatic carbocycles. The Kier molecular flexibility index (Phi) is 4.56. The molecule has 6 nitrogen and oxygen atoms in total. The van der Waals surface area contributed by atoms with Gasteiger partial charge in [-0.2, -0.15) is 0 Å². The van der Waals surface area contributed by atoms with Crippen molar-refractivity contribution in [2.45, 2.75) is 19.8 Å². The van der Waals surface area contributed by atoms with Gasteiger partial charge < -0.3 is 10.2 Å². The molecule has 0 atom stereocenters. The third-order valence-corrected chi connectivity index (χ3v) is 5.06. The molecule has 0 aromatic carbocycles. The number of piperidine rings is 1. The average molecular weight is 349 g/mol. The fourth-order valence-electron chi connectivity index (χ4n) is 3.61. The zero-order valence-corrected chi connectivity index (χ0v) is 14.9. The topological polar surface area (TPSA) is 62.5 Å². The van der Waals surface area contributed by atoms with Gasteiger partial charge in [0.05, 0.1) is 5.69 Å². The van der Waals surface area contributed by atoms with Crippen molar-refractivity contribution < 1.29 is 4.79 Å². The number of amides is 1. The van der Waals surface area contributed by atoms with Crippen LogP contribution < -0.4 is 10.2 Å². The molecule has 1 N–H and O–H groups in total. The van der Waals surface area contributed by atoms with Crippen molar-refractivity contribution in [3.8, 4) is 0 Å². The summed E-state index contributed by atoms with van der Waals surface area (Å²) in [7, 11) is 0. The number of carbonyl (C=O) groups excluding carboxylic acids is 1. The Bertz CT molecular complexity index is 897. The molecule has 1 aliphatic heterocycles. The van der Waals surface area contributed by atoms with E-state index in [1.807, 2.05) is 54.0 Å². The highest BCUT2D eigenvalue weighted by molar-refractivity contribution is 5.94. The number of nitrogens with zero attached hydrogens (tertiary/aromatic N) is 4. The SMILES string of the molecule is Cc1nc2ccccn2c1C(=O)NCC1CCN(c2ccccn2)CC1. The van der Waals surface area contributed by atoms with Crippen LogP contribution >= 0.6 is 0 Å². The van der Waals surface area contributed by atoms with E-state index in [2.05, 4.69) is 26.3 Å². The van der Waals surface area contributed by atoms with Crippen LogP contribution in [0.15, 0.2) is 48.8 Å². The van der Waals surface area contributed by atoms with Crippen LogP contribution in [0.5, 0.6) is 0 Å². The zero-order chi connectivity index (χ0) is 17.9. The molecular weight excluding hydrogens is 326 g/mol. The molecule has 1 amide bonds. The van der Waals surface area contributed by atoms with Gasteiger partial charge in [-0.15, -0.1) is 0 Å². The first-order chi connectivity index (χ1) is 12.7. The van der Waals surface area contributed by atoms with Gasteiger partial charge in [0, 0.05) is 32.0 Å². The van der Waals surface area contributed by atoms with Crippen molar-refractivity contribution in [1.82, 2.24) is 19.7 Å². The quantitative estimate of drug-likeness (QED) is 0.787. The normalized spacial score (nSPS) is 15.3. The molecular formula is C20H23N5O. The molecule has 0 bridgehead atoms. The monoisotopic (exact) mass is 349 g/mol. The Labute approximate surface area is 152 Å². The second-order valence-electron chi connectivity index (χ2n) is 6.80.